The summed E-state index contributed by atoms with van der Waals surface area (Å²) in [7, 11) is 0. The van der Waals surface area contributed by atoms with E-state index >= 15 is 0 Å². The van der Waals surface area contributed by atoms with Crippen LogP contribution in [0.25, 0.3) is 0 Å². The van der Waals surface area contributed by atoms with Crippen molar-refractivity contribution >= 4 is 0 Å². The summed E-state index contributed by atoms with van der Waals surface area (Å²) in [4.78, 5) is 0. The molecule has 4 heteroatoms. The third kappa shape index (κ3) is 3.40. The molecular weight excluding hydrogens is 188 g/mol. The molecule has 0 amide bonds. The summed E-state index contributed by atoms with van der Waals surface area (Å²) in [6, 6.07) is 3.28. The Labute approximate surface area is 81.6 Å². The van der Waals surface area contributed by atoms with Gasteiger partial charge in [-0.25, -0.2) is 8.78 Å². The minimum Gasteiger partial charge on any atom is -0.395 e. The van der Waals surface area contributed by atoms with E-state index in [0.29, 0.717) is 12.1 Å². The molecule has 0 radical (unpaired) electrons. The monoisotopic (exact) mass is 201 g/mol. The molecule has 0 aliphatic carbocycles. The van der Waals surface area contributed by atoms with Crippen molar-refractivity contribution in [1.82, 2.24) is 5.32 Å². The van der Waals surface area contributed by atoms with Crippen LogP contribution in [-0.2, 0) is 6.54 Å². The van der Waals surface area contributed by atoms with Gasteiger partial charge in [0.1, 0.15) is 11.6 Å². The van der Waals surface area contributed by atoms with Crippen molar-refractivity contribution in [3.8, 4) is 0 Å². The number of rotatable bonds is 4. The second-order valence-corrected chi connectivity index (χ2v) is 3.24. The van der Waals surface area contributed by atoms with E-state index in [4.69, 9.17) is 5.11 Å². The molecule has 14 heavy (non-hydrogen) atoms. The van der Waals surface area contributed by atoms with Crippen molar-refractivity contribution in [2.45, 2.75) is 19.5 Å². The first-order valence-corrected chi connectivity index (χ1v) is 4.41. The Hall–Kier alpha value is -1.00. The first-order valence-electron chi connectivity index (χ1n) is 4.41. The Bertz CT molecular complexity index is 284. The Morgan fingerprint density at radius 3 is 2.36 bits per heavy atom. The summed E-state index contributed by atoms with van der Waals surface area (Å²) < 4.78 is 25.4. The molecule has 0 saturated carbocycles. The summed E-state index contributed by atoms with van der Waals surface area (Å²) >= 11 is 0. The van der Waals surface area contributed by atoms with Crippen LogP contribution in [0, 0.1) is 11.6 Å². The van der Waals surface area contributed by atoms with Crippen LogP contribution in [0.4, 0.5) is 8.78 Å². The lowest BCUT2D eigenvalue weighted by molar-refractivity contribution is 0.251. The van der Waals surface area contributed by atoms with E-state index in [1.807, 2.05) is 0 Å². The fourth-order valence-electron chi connectivity index (χ4n) is 1.07. The summed E-state index contributed by atoms with van der Waals surface area (Å²) in [5.74, 6) is -1.17. The minimum absolute atomic E-state index is 0.00218. The number of halogens is 2. The highest BCUT2D eigenvalue weighted by Gasteiger charge is 2.02. The highest BCUT2D eigenvalue weighted by Crippen LogP contribution is 2.07. The topological polar surface area (TPSA) is 32.3 Å². The Kier molecular flexibility index (Phi) is 3.98. The lowest BCUT2D eigenvalue weighted by Crippen LogP contribution is -2.28. The zero-order valence-corrected chi connectivity index (χ0v) is 7.93. The van der Waals surface area contributed by atoms with Crippen molar-refractivity contribution in [2.24, 2.45) is 0 Å². The molecule has 1 rings (SSSR count). The molecule has 2 nitrogen and oxygen atoms in total. The fourth-order valence-corrected chi connectivity index (χ4v) is 1.07. The first-order chi connectivity index (χ1) is 6.61. The second kappa shape index (κ2) is 5.02. The van der Waals surface area contributed by atoms with Crippen molar-refractivity contribution in [3.63, 3.8) is 0 Å². The number of hydrogen-bond acceptors (Lipinski definition) is 2. The number of benzene rings is 1. The van der Waals surface area contributed by atoms with Gasteiger partial charge in [0.15, 0.2) is 0 Å². The standard InChI is InChI=1S/C10H13F2NO/c1-7(6-14)13-5-8-2-9(11)4-10(12)3-8/h2-4,7,13-14H,5-6H2,1H3. The Balaban J connectivity index is 2.58. The normalized spacial score (nSPS) is 12.9. The molecule has 0 aliphatic rings. The zero-order chi connectivity index (χ0) is 10.6. The fraction of sp³-hybridized carbons (Fsp3) is 0.400. The summed E-state index contributed by atoms with van der Waals surface area (Å²) in [6.45, 7) is 2.13. The van der Waals surface area contributed by atoms with E-state index < -0.39 is 11.6 Å². The van der Waals surface area contributed by atoms with Crippen LogP contribution in [0.3, 0.4) is 0 Å². The second-order valence-electron chi connectivity index (χ2n) is 3.24. The predicted molar refractivity (Wildman–Crippen MR) is 49.7 cm³/mol. The van der Waals surface area contributed by atoms with Crippen LogP contribution >= 0.6 is 0 Å². The van der Waals surface area contributed by atoms with Gasteiger partial charge in [-0.15, -0.1) is 0 Å². The molecule has 0 fully saturated rings. The third-order valence-electron chi connectivity index (χ3n) is 1.85. The summed E-state index contributed by atoms with van der Waals surface area (Å²) in [5.41, 5.74) is 0.530. The molecule has 0 aromatic heterocycles. The number of hydrogen-bond donors (Lipinski definition) is 2. The zero-order valence-electron chi connectivity index (χ0n) is 7.93. The van der Waals surface area contributed by atoms with Crippen molar-refractivity contribution in [2.75, 3.05) is 6.61 Å². The summed E-state index contributed by atoms with van der Waals surface area (Å²) in [5, 5.41) is 11.6. The van der Waals surface area contributed by atoms with Crippen molar-refractivity contribution < 1.29 is 13.9 Å². The van der Waals surface area contributed by atoms with Crippen molar-refractivity contribution in [1.29, 1.82) is 0 Å². The smallest absolute Gasteiger partial charge is 0.126 e. The van der Waals surface area contributed by atoms with Gasteiger partial charge in [-0.2, -0.15) is 0 Å². The van der Waals surface area contributed by atoms with E-state index in [0.717, 1.165) is 6.07 Å². The number of aliphatic hydroxyl groups is 1. The van der Waals surface area contributed by atoms with Crippen LogP contribution in [0.5, 0.6) is 0 Å². The van der Waals surface area contributed by atoms with Gasteiger partial charge < -0.3 is 10.4 Å². The molecule has 0 aliphatic heterocycles. The van der Waals surface area contributed by atoms with E-state index in [9.17, 15) is 8.78 Å². The van der Waals surface area contributed by atoms with Gasteiger partial charge in [0.2, 0.25) is 0 Å². The van der Waals surface area contributed by atoms with E-state index in [1.54, 1.807) is 6.92 Å². The lowest BCUT2D eigenvalue weighted by Gasteiger charge is -2.10. The Morgan fingerprint density at radius 2 is 1.86 bits per heavy atom. The van der Waals surface area contributed by atoms with Crippen LogP contribution in [0.1, 0.15) is 12.5 Å². The molecule has 1 aromatic rings. The van der Waals surface area contributed by atoms with Gasteiger partial charge in [0, 0.05) is 18.7 Å². The van der Waals surface area contributed by atoms with Gasteiger partial charge in [-0.3, -0.25) is 0 Å². The molecule has 1 unspecified atom stereocenters. The van der Waals surface area contributed by atoms with E-state index in [1.165, 1.54) is 12.1 Å². The number of aliphatic hydroxyl groups excluding tert-OH is 1. The third-order valence-corrected chi connectivity index (χ3v) is 1.85. The molecule has 0 spiro atoms. The molecule has 0 bridgehead atoms. The van der Waals surface area contributed by atoms with Gasteiger partial charge in [-0.1, -0.05) is 0 Å². The van der Waals surface area contributed by atoms with E-state index in [2.05, 4.69) is 5.32 Å². The molecule has 78 valence electrons. The van der Waals surface area contributed by atoms with Crippen LogP contribution in [-0.4, -0.2) is 17.8 Å². The molecule has 0 heterocycles. The van der Waals surface area contributed by atoms with Gasteiger partial charge in [-0.05, 0) is 24.6 Å². The van der Waals surface area contributed by atoms with E-state index in [-0.39, 0.29) is 12.6 Å². The minimum atomic E-state index is -0.585. The first kappa shape index (κ1) is 11.1. The average Bonchev–Trinajstić information content (AvgIpc) is 2.12. The molecule has 0 saturated heterocycles. The largest absolute Gasteiger partial charge is 0.395 e. The lowest BCUT2D eigenvalue weighted by atomic mass is 10.2. The van der Waals surface area contributed by atoms with Gasteiger partial charge in [0.05, 0.1) is 6.61 Å². The molecule has 1 aromatic carbocycles. The van der Waals surface area contributed by atoms with Gasteiger partial charge >= 0.3 is 0 Å². The molecular formula is C10H13F2NO. The molecule has 1 atom stereocenters. The van der Waals surface area contributed by atoms with Crippen LogP contribution in [0.15, 0.2) is 18.2 Å². The van der Waals surface area contributed by atoms with Crippen molar-refractivity contribution in [3.05, 3.63) is 35.4 Å². The maximum absolute atomic E-state index is 12.7. The highest BCUT2D eigenvalue weighted by molar-refractivity contribution is 5.17. The maximum atomic E-state index is 12.7. The maximum Gasteiger partial charge on any atom is 0.126 e. The SMILES string of the molecule is CC(CO)NCc1cc(F)cc(F)c1. The quantitative estimate of drug-likeness (QED) is 0.772. The Morgan fingerprint density at radius 1 is 1.29 bits per heavy atom. The summed E-state index contributed by atoms with van der Waals surface area (Å²) in [6.07, 6.45) is 0. The molecule has 2 N–H and O–H groups in total. The van der Waals surface area contributed by atoms with Gasteiger partial charge in [0.25, 0.3) is 0 Å². The predicted octanol–water partition coefficient (Wildman–Crippen LogP) is 1.44. The number of nitrogens with one attached hydrogen (secondary N) is 1. The highest BCUT2D eigenvalue weighted by atomic mass is 19.1. The van der Waals surface area contributed by atoms with Crippen LogP contribution in [0.2, 0.25) is 0 Å². The van der Waals surface area contributed by atoms with Crippen LogP contribution < -0.4 is 5.32 Å². The average molecular weight is 201 g/mol.